The van der Waals surface area contributed by atoms with E-state index < -0.39 is 33.3 Å². The molecule has 5 nitrogen and oxygen atoms in total. The highest BCUT2D eigenvalue weighted by atomic mass is 32.2. The Kier molecular flexibility index (Phi) is 2.82. The molecule has 0 radical (unpaired) electrons. The molecule has 2 N–H and O–H groups in total. The van der Waals surface area contributed by atoms with E-state index in [1.54, 1.807) is 0 Å². The number of alkyl halides is 1. The zero-order chi connectivity index (χ0) is 11.0. The van der Waals surface area contributed by atoms with Crippen molar-refractivity contribution >= 4 is 15.8 Å². The van der Waals surface area contributed by atoms with Gasteiger partial charge in [-0.05, 0) is 12.8 Å². The molecule has 2 atom stereocenters. The van der Waals surface area contributed by atoms with Crippen molar-refractivity contribution in [1.82, 2.24) is 0 Å². The molecule has 0 bridgehead atoms. The van der Waals surface area contributed by atoms with E-state index in [1.807, 2.05) is 0 Å². The standard InChI is InChI=1S/C7H11FO5S/c8-5(6(9)10)7(11)2-1-3-14(12,13)4-7/h5,11H,1-4H2,(H,9,10). The number of rotatable bonds is 2. The van der Waals surface area contributed by atoms with E-state index in [9.17, 15) is 22.7 Å². The number of hydrogen-bond acceptors (Lipinski definition) is 4. The molecule has 0 saturated carbocycles. The van der Waals surface area contributed by atoms with Gasteiger partial charge in [0.2, 0.25) is 6.17 Å². The van der Waals surface area contributed by atoms with Crippen LogP contribution in [0.3, 0.4) is 0 Å². The van der Waals surface area contributed by atoms with Gasteiger partial charge in [0.25, 0.3) is 0 Å². The Morgan fingerprint density at radius 2 is 2.07 bits per heavy atom. The second-order valence-electron chi connectivity index (χ2n) is 3.50. The largest absolute Gasteiger partial charge is 0.479 e. The summed E-state index contributed by atoms with van der Waals surface area (Å²) in [5.41, 5.74) is -2.26. The van der Waals surface area contributed by atoms with Crippen LogP contribution in [0.4, 0.5) is 4.39 Å². The molecule has 1 heterocycles. The van der Waals surface area contributed by atoms with E-state index in [2.05, 4.69) is 0 Å². The lowest BCUT2D eigenvalue weighted by Crippen LogP contribution is -2.52. The van der Waals surface area contributed by atoms with Crippen LogP contribution in [0.2, 0.25) is 0 Å². The van der Waals surface area contributed by atoms with Gasteiger partial charge in [-0.2, -0.15) is 0 Å². The van der Waals surface area contributed by atoms with Crippen LogP contribution in [0.1, 0.15) is 12.8 Å². The molecule has 14 heavy (non-hydrogen) atoms. The summed E-state index contributed by atoms with van der Waals surface area (Å²) in [7, 11) is -3.52. The first kappa shape index (κ1) is 11.4. The van der Waals surface area contributed by atoms with Crippen molar-refractivity contribution < 1.29 is 27.8 Å². The molecule has 0 amide bonds. The number of carbonyl (C=O) groups is 1. The predicted molar refractivity (Wildman–Crippen MR) is 45.4 cm³/mol. The van der Waals surface area contributed by atoms with Crippen molar-refractivity contribution in [2.24, 2.45) is 0 Å². The molecule has 1 aliphatic rings. The van der Waals surface area contributed by atoms with Crippen LogP contribution >= 0.6 is 0 Å². The first-order valence-corrected chi connectivity index (χ1v) is 5.89. The van der Waals surface area contributed by atoms with Gasteiger partial charge in [-0.3, -0.25) is 0 Å². The monoisotopic (exact) mass is 226 g/mol. The Labute approximate surface area is 80.5 Å². The van der Waals surface area contributed by atoms with Crippen LogP contribution in [-0.4, -0.2) is 47.9 Å². The normalized spacial score (nSPS) is 33.6. The molecule has 82 valence electrons. The third-order valence-corrected chi connectivity index (χ3v) is 4.07. The first-order chi connectivity index (χ1) is 6.27. The van der Waals surface area contributed by atoms with Gasteiger partial charge in [-0.1, -0.05) is 0 Å². The summed E-state index contributed by atoms with van der Waals surface area (Å²) in [6.07, 6.45) is -2.59. The summed E-state index contributed by atoms with van der Waals surface area (Å²) in [4.78, 5) is 10.3. The molecule has 0 aromatic carbocycles. The number of carboxylic acids is 1. The van der Waals surface area contributed by atoms with E-state index in [0.29, 0.717) is 0 Å². The van der Waals surface area contributed by atoms with Crippen LogP contribution in [0, 0.1) is 0 Å². The Morgan fingerprint density at radius 1 is 1.50 bits per heavy atom. The van der Waals surface area contributed by atoms with E-state index in [-0.39, 0.29) is 18.6 Å². The Bertz CT molecular complexity index is 338. The van der Waals surface area contributed by atoms with Crippen molar-refractivity contribution in [1.29, 1.82) is 0 Å². The van der Waals surface area contributed by atoms with Crippen molar-refractivity contribution in [3.63, 3.8) is 0 Å². The molecule has 0 aromatic heterocycles. The molecule has 0 aliphatic carbocycles. The molecule has 0 aromatic rings. The minimum atomic E-state index is -3.52. The highest BCUT2D eigenvalue weighted by Crippen LogP contribution is 2.28. The molecule has 1 aliphatic heterocycles. The van der Waals surface area contributed by atoms with Gasteiger partial charge in [0.1, 0.15) is 5.60 Å². The SMILES string of the molecule is O=C(O)C(F)C1(O)CCCS(=O)(=O)C1. The number of aliphatic hydroxyl groups is 1. The second kappa shape index (κ2) is 3.47. The zero-order valence-corrected chi connectivity index (χ0v) is 8.13. The maximum Gasteiger partial charge on any atom is 0.341 e. The third kappa shape index (κ3) is 2.21. The van der Waals surface area contributed by atoms with Crippen molar-refractivity contribution in [3.05, 3.63) is 0 Å². The molecule has 0 spiro atoms. The smallest absolute Gasteiger partial charge is 0.341 e. The summed E-state index contributed by atoms with van der Waals surface area (Å²) >= 11 is 0. The molecule has 2 unspecified atom stereocenters. The lowest BCUT2D eigenvalue weighted by atomic mass is 9.94. The minimum absolute atomic E-state index is 0.0898. The maximum atomic E-state index is 13.0. The fraction of sp³-hybridized carbons (Fsp3) is 0.857. The maximum absolute atomic E-state index is 13.0. The first-order valence-electron chi connectivity index (χ1n) is 4.06. The quantitative estimate of drug-likeness (QED) is 0.652. The Hall–Kier alpha value is -0.690. The summed E-state index contributed by atoms with van der Waals surface area (Å²) in [5.74, 6) is -2.76. The number of carboxylic acid groups (broad SMARTS) is 1. The van der Waals surface area contributed by atoms with Gasteiger partial charge in [0, 0.05) is 0 Å². The number of hydrogen-bond donors (Lipinski definition) is 2. The Morgan fingerprint density at radius 3 is 2.50 bits per heavy atom. The van der Waals surface area contributed by atoms with Crippen LogP contribution in [0.25, 0.3) is 0 Å². The van der Waals surface area contributed by atoms with Gasteiger partial charge >= 0.3 is 5.97 Å². The van der Waals surface area contributed by atoms with Crippen molar-refractivity contribution in [2.75, 3.05) is 11.5 Å². The average Bonchev–Trinajstić information content (AvgIpc) is 2.00. The summed E-state index contributed by atoms with van der Waals surface area (Å²) in [5, 5.41) is 17.9. The molecular formula is C7H11FO5S. The summed E-state index contributed by atoms with van der Waals surface area (Å²) < 4.78 is 35.2. The van der Waals surface area contributed by atoms with Crippen LogP contribution in [-0.2, 0) is 14.6 Å². The fourth-order valence-corrected chi connectivity index (χ4v) is 3.33. The predicted octanol–water partition coefficient (Wildman–Crippen LogP) is -0.651. The highest BCUT2D eigenvalue weighted by molar-refractivity contribution is 7.91. The molecule has 1 fully saturated rings. The van der Waals surface area contributed by atoms with Crippen LogP contribution in [0.5, 0.6) is 0 Å². The average molecular weight is 226 g/mol. The zero-order valence-electron chi connectivity index (χ0n) is 7.31. The summed E-state index contributed by atoms with van der Waals surface area (Å²) in [6.45, 7) is 0. The van der Waals surface area contributed by atoms with Gasteiger partial charge in [-0.15, -0.1) is 0 Å². The van der Waals surface area contributed by atoms with Crippen molar-refractivity contribution in [2.45, 2.75) is 24.6 Å². The van der Waals surface area contributed by atoms with Gasteiger partial charge in [0.15, 0.2) is 9.84 Å². The van der Waals surface area contributed by atoms with Gasteiger partial charge in [0.05, 0.1) is 11.5 Å². The molecule has 7 heteroatoms. The second-order valence-corrected chi connectivity index (χ2v) is 5.68. The lowest BCUT2D eigenvalue weighted by molar-refractivity contribution is -0.153. The number of sulfone groups is 1. The van der Waals surface area contributed by atoms with Crippen LogP contribution in [0.15, 0.2) is 0 Å². The van der Waals surface area contributed by atoms with E-state index in [0.717, 1.165) is 0 Å². The van der Waals surface area contributed by atoms with Crippen molar-refractivity contribution in [3.8, 4) is 0 Å². The number of halogens is 1. The van der Waals surface area contributed by atoms with E-state index in [1.165, 1.54) is 0 Å². The van der Waals surface area contributed by atoms with E-state index in [4.69, 9.17) is 5.11 Å². The third-order valence-electron chi connectivity index (χ3n) is 2.22. The summed E-state index contributed by atoms with van der Waals surface area (Å²) in [6, 6.07) is 0. The van der Waals surface area contributed by atoms with Crippen LogP contribution < -0.4 is 0 Å². The molecule has 1 saturated heterocycles. The fourth-order valence-electron chi connectivity index (χ4n) is 1.55. The number of aliphatic carboxylic acids is 1. The Balaban J connectivity index is 2.89. The molecular weight excluding hydrogens is 215 g/mol. The van der Waals surface area contributed by atoms with Gasteiger partial charge < -0.3 is 10.2 Å². The minimum Gasteiger partial charge on any atom is -0.479 e. The van der Waals surface area contributed by atoms with Gasteiger partial charge in [-0.25, -0.2) is 17.6 Å². The van der Waals surface area contributed by atoms with E-state index >= 15 is 0 Å². The topological polar surface area (TPSA) is 91.7 Å². The highest BCUT2D eigenvalue weighted by Gasteiger charge is 2.47. The lowest BCUT2D eigenvalue weighted by Gasteiger charge is -2.32. The molecule has 1 rings (SSSR count).